The van der Waals surface area contributed by atoms with E-state index in [0.29, 0.717) is 45.7 Å². The second kappa shape index (κ2) is 8.02. The molecule has 0 spiro atoms. The van der Waals surface area contributed by atoms with Crippen molar-refractivity contribution in [2.75, 3.05) is 7.11 Å². The van der Waals surface area contributed by atoms with Crippen LogP contribution in [0.2, 0.25) is 0 Å². The Morgan fingerprint density at radius 1 is 0.848 bits per heavy atom. The SMILES string of the molecule is CC[C@@H](c1nc2ccccc2c(=O)n1-c1ccc(OC)cc1)N1C(=O)c2ccccc2C1=O. The van der Waals surface area contributed by atoms with Crippen LogP contribution in [-0.4, -0.2) is 33.4 Å². The van der Waals surface area contributed by atoms with Crippen molar-refractivity contribution in [3.63, 3.8) is 0 Å². The van der Waals surface area contributed by atoms with Gasteiger partial charge in [0.15, 0.2) is 0 Å². The topological polar surface area (TPSA) is 81.5 Å². The number of methoxy groups -OCH3 is 1. The summed E-state index contributed by atoms with van der Waals surface area (Å²) in [6, 6.07) is 20.1. The van der Waals surface area contributed by atoms with Crippen molar-refractivity contribution in [2.24, 2.45) is 0 Å². The summed E-state index contributed by atoms with van der Waals surface area (Å²) in [5.41, 5.74) is 1.54. The molecule has 7 heteroatoms. The van der Waals surface area contributed by atoms with Crippen molar-refractivity contribution in [1.29, 1.82) is 0 Å². The molecule has 1 aliphatic rings. The molecule has 2 amide bonds. The fraction of sp³-hybridized carbons (Fsp3) is 0.154. The van der Waals surface area contributed by atoms with Gasteiger partial charge in [-0.15, -0.1) is 0 Å². The Hall–Kier alpha value is -4.26. The molecule has 0 fully saturated rings. The summed E-state index contributed by atoms with van der Waals surface area (Å²) < 4.78 is 6.73. The predicted molar refractivity (Wildman–Crippen MR) is 124 cm³/mol. The van der Waals surface area contributed by atoms with Gasteiger partial charge in [0, 0.05) is 0 Å². The molecule has 0 N–H and O–H groups in total. The van der Waals surface area contributed by atoms with Crippen LogP contribution in [0.4, 0.5) is 0 Å². The van der Waals surface area contributed by atoms with Crippen molar-refractivity contribution in [3.8, 4) is 11.4 Å². The Bertz CT molecular complexity index is 1420. The van der Waals surface area contributed by atoms with E-state index in [4.69, 9.17) is 9.72 Å². The van der Waals surface area contributed by atoms with Gasteiger partial charge in [-0.25, -0.2) is 4.98 Å². The number of carbonyl (C=O) groups is 2. The number of imide groups is 1. The number of hydrogen-bond donors (Lipinski definition) is 0. The van der Waals surface area contributed by atoms with Crippen LogP contribution >= 0.6 is 0 Å². The number of fused-ring (bicyclic) bond motifs is 2. The third-order valence-electron chi connectivity index (χ3n) is 5.95. The first-order chi connectivity index (χ1) is 16.0. The van der Waals surface area contributed by atoms with Crippen LogP contribution in [0.25, 0.3) is 16.6 Å². The third kappa shape index (κ3) is 3.20. The maximum atomic E-state index is 13.6. The van der Waals surface area contributed by atoms with E-state index in [1.807, 2.05) is 6.92 Å². The second-order valence-corrected chi connectivity index (χ2v) is 7.78. The molecule has 3 aromatic carbocycles. The zero-order chi connectivity index (χ0) is 23.1. The lowest BCUT2D eigenvalue weighted by Crippen LogP contribution is -2.38. The normalized spacial score (nSPS) is 13.9. The molecule has 1 aliphatic heterocycles. The van der Waals surface area contributed by atoms with E-state index in [0.717, 1.165) is 0 Å². The molecule has 164 valence electrons. The number of hydrogen-bond acceptors (Lipinski definition) is 5. The largest absolute Gasteiger partial charge is 0.497 e. The maximum absolute atomic E-state index is 13.6. The number of amides is 2. The zero-order valence-electron chi connectivity index (χ0n) is 18.2. The zero-order valence-corrected chi connectivity index (χ0v) is 18.2. The highest BCUT2D eigenvalue weighted by atomic mass is 16.5. The van der Waals surface area contributed by atoms with Crippen molar-refractivity contribution in [1.82, 2.24) is 14.5 Å². The smallest absolute Gasteiger partial charge is 0.266 e. The second-order valence-electron chi connectivity index (χ2n) is 7.78. The molecule has 0 radical (unpaired) electrons. The number of aromatic nitrogens is 2. The molecule has 0 unspecified atom stereocenters. The maximum Gasteiger partial charge on any atom is 0.266 e. The van der Waals surface area contributed by atoms with Gasteiger partial charge in [-0.05, 0) is 55.0 Å². The number of para-hydroxylation sites is 1. The first-order valence-corrected chi connectivity index (χ1v) is 10.7. The summed E-state index contributed by atoms with van der Waals surface area (Å²) in [6.07, 6.45) is 0.395. The Kier molecular flexibility index (Phi) is 5.01. The highest BCUT2D eigenvalue weighted by Gasteiger charge is 2.41. The highest BCUT2D eigenvalue weighted by Crippen LogP contribution is 2.33. The lowest BCUT2D eigenvalue weighted by molar-refractivity contribution is 0.0568. The number of nitrogens with zero attached hydrogens (tertiary/aromatic N) is 3. The number of benzene rings is 3. The van der Waals surface area contributed by atoms with E-state index in [1.165, 1.54) is 9.47 Å². The van der Waals surface area contributed by atoms with Crippen LogP contribution in [0.3, 0.4) is 0 Å². The molecular weight excluding hydrogens is 418 g/mol. The summed E-state index contributed by atoms with van der Waals surface area (Å²) in [6.45, 7) is 1.87. The molecule has 4 aromatic rings. The Morgan fingerprint density at radius 2 is 1.45 bits per heavy atom. The van der Waals surface area contributed by atoms with Gasteiger partial charge in [-0.3, -0.25) is 23.9 Å². The summed E-state index contributed by atoms with van der Waals surface area (Å²) in [5, 5.41) is 0.453. The van der Waals surface area contributed by atoms with Gasteiger partial charge < -0.3 is 4.74 Å². The van der Waals surface area contributed by atoms with Gasteiger partial charge in [0.25, 0.3) is 17.4 Å². The molecule has 1 atom stereocenters. The first kappa shape index (κ1) is 20.6. The monoisotopic (exact) mass is 439 g/mol. The van der Waals surface area contributed by atoms with Gasteiger partial charge in [0.1, 0.15) is 11.6 Å². The summed E-state index contributed by atoms with van der Waals surface area (Å²) in [7, 11) is 1.57. The van der Waals surface area contributed by atoms with Crippen LogP contribution in [0.5, 0.6) is 5.75 Å². The van der Waals surface area contributed by atoms with Crippen molar-refractivity contribution >= 4 is 22.7 Å². The number of carbonyl (C=O) groups excluding carboxylic acids is 2. The van der Waals surface area contributed by atoms with E-state index < -0.39 is 6.04 Å². The van der Waals surface area contributed by atoms with E-state index in [2.05, 4.69) is 0 Å². The predicted octanol–water partition coefficient (Wildman–Crippen LogP) is 4.14. The van der Waals surface area contributed by atoms with E-state index in [1.54, 1.807) is 79.9 Å². The van der Waals surface area contributed by atoms with Crippen LogP contribution in [0.1, 0.15) is 45.9 Å². The molecule has 33 heavy (non-hydrogen) atoms. The molecule has 7 nitrogen and oxygen atoms in total. The molecule has 0 saturated carbocycles. The summed E-state index contributed by atoms with van der Waals surface area (Å²) in [5.74, 6) is 0.215. The molecule has 1 aromatic heterocycles. The highest BCUT2D eigenvalue weighted by molar-refractivity contribution is 6.21. The molecule has 0 aliphatic carbocycles. The quantitative estimate of drug-likeness (QED) is 0.437. The van der Waals surface area contributed by atoms with Crippen LogP contribution in [0.15, 0.2) is 77.6 Å². The average Bonchev–Trinajstić information content (AvgIpc) is 3.10. The molecular formula is C26H21N3O4. The van der Waals surface area contributed by atoms with Gasteiger partial charge in [-0.2, -0.15) is 0 Å². The molecule has 2 heterocycles. The third-order valence-corrected chi connectivity index (χ3v) is 5.95. The van der Waals surface area contributed by atoms with Crippen LogP contribution < -0.4 is 10.3 Å². The Balaban J connectivity index is 1.75. The molecule has 0 saturated heterocycles. The van der Waals surface area contributed by atoms with E-state index in [9.17, 15) is 14.4 Å². The fourth-order valence-corrected chi connectivity index (χ4v) is 4.33. The molecule has 0 bridgehead atoms. The minimum atomic E-state index is -0.725. The lowest BCUT2D eigenvalue weighted by Gasteiger charge is -2.27. The van der Waals surface area contributed by atoms with Crippen molar-refractivity contribution in [3.05, 3.63) is 100 Å². The van der Waals surface area contributed by atoms with Crippen molar-refractivity contribution < 1.29 is 14.3 Å². The average molecular weight is 439 g/mol. The minimum absolute atomic E-state index is 0.268. The van der Waals surface area contributed by atoms with E-state index in [-0.39, 0.29) is 17.4 Å². The van der Waals surface area contributed by atoms with E-state index >= 15 is 0 Å². The number of ether oxygens (including phenoxy) is 1. The Morgan fingerprint density at radius 3 is 2.06 bits per heavy atom. The standard InChI is InChI=1S/C26H21N3O4/c1-3-22(29-24(30)18-8-4-5-9-19(18)25(29)31)23-27-21-11-7-6-10-20(21)26(32)28(23)16-12-14-17(33-2)15-13-16/h4-15,22H,3H2,1-2H3/t22-/m0/s1. The number of rotatable bonds is 5. The van der Waals surface area contributed by atoms with Crippen molar-refractivity contribution in [2.45, 2.75) is 19.4 Å². The lowest BCUT2D eigenvalue weighted by atomic mass is 10.1. The van der Waals surface area contributed by atoms with Gasteiger partial charge in [-0.1, -0.05) is 31.2 Å². The van der Waals surface area contributed by atoms with Gasteiger partial charge >= 0.3 is 0 Å². The summed E-state index contributed by atoms with van der Waals surface area (Å²) >= 11 is 0. The first-order valence-electron chi connectivity index (χ1n) is 10.7. The fourth-order valence-electron chi connectivity index (χ4n) is 4.33. The van der Waals surface area contributed by atoms with Gasteiger partial charge in [0.2, 0.25) is 0 Å². The summed E-state index contributed by atoms with van der Waals surface area (Å²) in [4.78, 5) is 46.1. The van der Waals surface area contributed by atoms with Crippen LogP contribution in [0, 0.1) is 0 Å². The Labute approximate surface area is 189 Å². The minimum Gasteiger partial charge on any atom is -0.497 e. The molecule has 5 rings (SSSR count). The van der Waals surface area contributed by atoms with Crippen LogP contribution in [-0.2, 0) is 0 Å². The van der Waals surface area contributed by atoms with Gasteiger partial charge in [0.05, 0.1) is 40.9 Å².